The van der Waals surface area contributed by atoms with Gasteiger partial charge in [-0.2, -0.15) is 0 Å². The minimum absolute atomic E-state index is 0. The van der Waals surface area contributed by atoms with Crippen LogP contribution in [0.15, 0.2) is 0 Å². The van der Waals surface area contributed by atoms with Crippen LogP contribution in [0, 0.1) is 17.3 Å². The predicted molar refractivity (Wildman–Crippen MR) is 81.2 cm³/mol. The minimum atomic E-state index is -0.946. The van der Waals surface area contributed by atoms with E-state index in [1.165, 1.54) is 0 Å². The Labute approximate surface area is 146 Å². The average molecular weight is 355 g/mol. The van der Waals surface area contributed by atoms with Crippen LogP contribution in [0.25, 0.3) is 0 Å². The Morgan fingerprint density at radius 2 is 1.50 bits per heavy atom. The molecule has 5 heteroatoms. The number of hydrogen-bond donors (Lipinski definition) is 0. The van der Waals surface area contributed by atoms with Crippen LogP contribution in [0.3, 0.4) is 0 Å². The first-order chi connectivity index (χ1) is 9.64. The SMILES string of the molecule is CCCC(C)C(C)(C)C(=O)[O-].CCCCC(CC)C(=O)[O-].[Mn+2]. The summed E-state index contributed by atoms with van der Waals surface area (Å²) in [5, 5.41) is 21.0. The van der Waals surface area contributed by atoms with Crippen LogP contribution in [0.4, 0.5) is 0 Å². The second kappa shape index (κ2) is 14.1. The number of carboxylic acid groups (broad SMARTS) is 2. The van der Waals surface area contributed by atoms with Crippen LogP contribution >= 0.6 is 0 Å². The Balaban J connectivity index is -0.000000315. The maximum absolute atomic E-state index is 10.6. The van der Waals surface area contributed by atoms with Crippen molar-refractivity contribution in [2.75, 3.05) is 0 Å². The minimum Gasteiger partial charge on any atom is -0.550 e. The molecule has 0 aliphatic carbocycles. The molecule has 0 heterocycles. The van der Waals surface area contributed by atoms with Crippen molar-refractivity contribution in [1.82, 2.24) is 0 Å². The zero-order valence-corrected chi connectivity index (χ0v) is 16.1. The maximum atomic E-state index is 10.6. The Hall–Kier alpha value is -0.541. The van der Waals surface area contributed by atoms with Crippen LogP contribution < -0.4 is 10.2 Å². The van der Waals surface area contributed by atoms with Gasteiger partial charge in [0.25, 0.3) is 0 Å². The van der Waals surface area contributed by atoms with Gasteiger partial charge in [0.05, 0.1) is 0 Å². The van der Waals surface area contributed by atoms with Gasteiger partial charge in [0, 0.05) is 17.4 Å². The van der Waals surface area contributed by atoms with Gasteiger partial charge in [0.15, 0.2) is 0 Å². The van der Waals surface area contributed by atoms with Crippen LogP contribution in [-0.4, -0.2) is 11.9 Å². The second-order valence-corrected chi connectivity index (χ2v) is 6.27. The molecule has 0 aliphatic rings. The van der Waals surface area contributed by atoms with Crippen molar-refractivity contribution in [3.8, 4) is 0 Å². The first kappa shape index (κ1) is 26.4. The zero-order valence-electron chi connectivity index (χ0n) is 14.9. The summed E-state index contributed by atoms with van der Waals surface area (Å²) in [5.41, 5.74) is -0.685. The normalized spacial score (nSPS) is 13.2. The summed E-state index contributed by atoms with van der Waals surface area (Å²) >= 11 is 0. The fourth-order valence-electron chi connectivity index (χ4n) is 1.93. The number of unbranched alkanes of at least 4 members (excludes halogenated alkanes) is 1. The van der Waals surface area contributed by atoms with Crippen molar-refractivity contribution in [2.45, 2.75) is 80.1 Å². The quantitative estimate of drug-likeness (QED) is 0.594. The van der Waals surface area contributed by atoms with Crippen molar-refractivity contribution in [3.05, 3.63) is 0 Å². The third-order valence-corrected chi connectivity index (χ3v) is 4.21. The van der Waals surface area contributed by atoms with E-state index in [1.54, 1.807) is 13.8 Å². The number of aliphatic carboxylic acids is 2. The van der Waals surface area contributed by atoms with Crippen molar-refractivity contribution in [2.24, 2.45) is 17.3 Å². The molecule has 0 bridgehead atoms. The van der Waals surface area contributed by atoms with Crippen molar-refractivity contribution >= 4 is 11.9 Å². The van der Waals surface area contributed by atoms with Crippen molar-refractivity contribution in [1.29, 1.82) is 0 Å². The smallest absolute Gasteiger partial charge is 0.550 e. The second-order valence-electron chi connectivity index (χ2n) is 6.27. The molecule has 131 valence electrons. The summed E-state index contributed by atoms with van der Waals surface area (Å²) in [4.78, 5) is 21.0. The van der Waals surface area contributed by atoms with E-state index in [0.29, 0.717) is 6.42 Å². The Morgan fingerprint density at radius 1 is 1.00 bits per heavy atom. The van der Waals surface area contributed by atoms with Gasteiger partial charge in [-0.15, -0.1) is 0 Å². The topological polar surface area (TPSA) is 80.3 Å². The first-order valence-corrected chi connectivity index (χ1v) is 8.07. The molecule has 2 unspecified atom stereocenters. The molecule has 22 heavy (non-hydrogen) atoms. The fourth-order valence-corrected chi connectivity index (χ4v) is 1.93. The van der Waals surface area contributed by atoms with Crippen LogP contribution in [-0.2, 0) is 26.7 Å². The van der Waals surface area contributed by atoms with E-state index in [4.69, 9.17) is 0 Å². The van der Waals surface area contributed by atoms with E-state index in [1.807, 2.05) is 13.8 Å². The Morgan fingerprint density at radius 3 is 1.77 bits per heavy atom. The molecule has 0 N–H and O–H groups in total. The van der Waals surface area contributed by atoms with E-state index in [-0.39, 0.29) is 28.9 Å². The summed E-state index contributed by atoms with van der Waals surface area (Å²) in [6.45, 7) is 11.4. The fraction of sp³-hybridized carbons (Fsp3) is 0.882. The predicted octanol–water partition coefficient (Wildman–Crippen LogP) is 2.15. The van der Waals surface area contributed by atoms with Gasteiger partial charge in [0.1, 0.15) is 0 Å². The Bertz CT molecular complexity index is 303. The van der Waals surface area contributed by atoms with E-state index < -0.39 is 17.4 Å². The summed E-state index contributed by atoms with van der Waals surface area (Å²) in [7, 11) is 0. The molecule has 0 fully saturated rings. The molecule has 4 nitrogen and oxygen atoms in total. The molecule has 0 aliphatic heterocycles. The summed E-state index contributed by atoms with van der Waals surface area (Å²) in [6, 6.07) is 0. The van der Waals surface area contributed by atoms with E-state index >= 15 is 0 Å². The summed E-state index contributed by atoms with van der Waals surface area (Å²) in [5.74, 6) is -1.87. The van der Waals surface area contributed by atoms with E-state index in [9.17, 15) is 19.8 Å². The standard InChI is InChI=1S/C9H18O2.C8H16O2.Mn/c1-5-6-7(2)9(3,4)8(10)11;1-3-5-6-7(4-2)8(9)10;/h7H,5-6H2,1-4H3,(H,10,11);7H,3-6H2,1-2H3,(H,9,10);/q;;+2/p-2. The van der Waals surface area contributed by atoms with Gasteiger partial charge < -0.3 is 19.8 Å². The number of rotatable bonds is 9. The molecule has 0 saturated carbocycles. The average Bonchev–Trinajstić information content (AvgIpc) is 2.40. The molecule has 0 amide bonds. The van der Waals surface area contributed by atoms with Crippen LogP contribution in [0.5, 0.6) is 0 Å². The number of carbonyl (C=O) groups excluding carboxylic acids is 2. The molecule has 0 aromatic rings. The maximum Gasteiger partial charge on any atom is 2.00 e. The number of carboxylic acids is 2. The molecule has 0 aromatic carbocycles. The summed E-state index contributed by atoms with van der Waals surface area (Å²) < 4.78 is 0. The zero-order chi connectivity index (χ0) is 17.1. The van der Waals surface area contributed by atoms with Crippen molar-refractivity contribution in [3.63, 3.8) is 0 Å². The molecule has 0 aromatic heterocycles. The van der Waals surface area contributed by atoms with Gasteiger partial charge in [-0.25, -0.2) is 0 Å². The summed E-state index contributed by atoms with van der Waals surface area (Å²) in [6.07, 6.45) is 5.49. The molecule has 2 atom stereocenters. The van der Waals surface area contributed by atoms with Crippen molar-refractivity contribution < 1.29 is 36.9 Å². The third kappa shape index (κ3) is 11.1. The van der Waals surface area contributed by atoms with Crippen LogP contribution in [0.2, 0.25) is 0 Å². The molecule has 0 saturated heterocycles. The van der Waals surface area contributed by atoms with E-state index in [0.717, 1.165) is 32.1 Å². The molecule has 0 spiro atoms. The van der Waals surface area contributed by atoms with Crippen LogP contribution in [0.1, 0.15) is 80.1 Å². The van der Waals surface area contributed by atoms with Gasteiger partial charge in [-0.05, 0) is 24.7 Å². The van der Waals surface area contributed by atoms with Gasteiger partial charge in [-0.3, -0.25) is 0 Å². The third-order valence-electron chi connectivity index (χ3n) is 4.21. The number of carbonyl (C=O) groups is 2. The molecule has 0 rings (SSSR count). The Kier molecular flexibility index (Phi) is 16.9. The molecule has 1 radical (unpaired) electrons. The molecular formula is C17H32MnO4. The molecular weight excluding hydrogens is 323 g/mol. The van der Waals surface area contributed by atoms with Gasteiger partial charge >= 0.3 is 17.1 Å². The van der Waals surface area contributed by atoms with E-state index in [2.05, 4.69) is 13.8 Å². The van der Waals surface area contributed by atoms with Gasteiger partial charge in [-0.1, -0.05) is 67.2 Å². The first-order valence-electron chi connectivity index (χ1n) is 8.07. The monoisotopic (exact) mass is 355 g/mol. The largest absolute Gasteiger partial charge is 2.00 e. The van der Waals surface area contributed by atoms with Gasteiger partial charge in [0.2, 0.25) is 0 Å². The number of hydrogen-bond acceptors (Lipinski definition) is 4.